The van der Waals surface area contributed by atoms with Gasteiger partial charge < -0.3 is 10.1 Å². The topological polar surface area (TPSA) is 21.3 Å². The molecule has 1 aliphatic carbocycles. The number of ether oxygens (including phenoxy) is 1. The van der Waals surface area contributed by atoms with Crippen LogP contribution in [0.1, 0.15) is 38.5 Å². The lowest BCUT2D eigenvalue weighted by molar-refractivity contribution is -0.101. The Kier molecular flexibility index (Phi) is 3.46. The molecule has 2 aliphatic heterocycles. The Morgan fingerprint density at radius 2 is 2.00 bits per heavy atom. The molecule has 0 aromatic heterocycles. The number of rotatable bonds is 3. The monoisotopic (exact) mass is 241 g/mol. The van der Waals surface area contributed by atoms with E-state index in [0.29, 0.717) is 0 Å². The fourth-order valence-electron chi connectivity index (χ4n) is 3.02. The normalized spacial score (nSPS) is 34.1. The molecule has 0 bridgehead atoms. The summed E-state index contributed by atoms with van der Waals surface area (Å²) in [5, 5.41) is 3.69. The smallest absolute Gasteiger partial charge is 0.0701 e. The molecule has 1 unspecified atom stereocenters. The lowest BCUT2D eigenvalue weighted by Gasteiger charge is -2.43. The molecule has 0 radical (unpaired) electrons. The van der Waals surface area contributed by atoms with Crippen LogP contribution in [-0.2, 0) is 4.74 Å². The molecule has 1 spiro atoms. The van der Waals surface area contributed by atoms with E-state index >= 15 is 0 Å². The average molecular weight is 241 g/mol. The molecule has 3 rings (SSSR count). The van der Waals surface area contributed by atoms with Crippen LogP contribution in [0.15, 0.2) is 0 Å². The van der Waals surface area contributed by atoms with E-state index in [0.717, 1.165) is 18.6 Å². The Morgan fingerprint density at radius 1 is 1.19 bits per heavy atom. The summed E-state index contributed by atoms with van der Waals surface area (Å²) >= 11 is 2.10. The molecule has 2 heterocycles. The molecular weight excluding hydrogens is 218 g/mol. The second kappa shape index (κ2) is 4.87. The summed E-state index contributed by atoms with van der Waals surface area (Å²) in [6.45, 7) is 2.24. The molecule has 0 aromatic rings. The van der Waals surface area contributed by atoms with E-state index in [1.807, 2.05) is 0 Å². The molecule has 1 N–H and O–H groups in total. The SMILES string of the molecule is C1CC(CNC2CC2)CC2(CCSCC2)O1. The van der Waals surface area contributed by atoms with Crippen LogP contribution in [0.4, 0.5) is 0 Å². The second-order valence-corrected chi connectivity index (χ2v) is 6.91. The highest BCUT2D eigenvalue weighted by molar-refractivity contribution is 7.99. The van der Waals surface area contributed by atoms with Crippen molar-refractivity contribution in [3.05, 3.63) is 0 Å². The van der Waals surface area contributed by atoms with Crippen molar-refractivity contribution in [2.24, 2.45) is 5.92 Å². The standard InChI is InChI=1S/C13H23NOS/c1-2-12(1)14-10-11-3-6-15-13(9-11)4-7-16-8-5-13/h11-12,14H,1-10H2. The van der Waals surface area contributed by atoms with Gasteiger partial charge in [-0.3, -0.25) is 0 Å². The van der Waals surface area contributed by atoms with Crippen LogP contribution in [0.3, 0.4) is 0 Å². The lowest BCUT2D eigenvalue weighted by atomic mass is 9.82. The summed E-state index contributed by atoms with van der Waals surface area (Å²) in [7, 11) is 0. The summed E-state index contributed by atoms with van der Waals surface area (Å²) in [6.07, 6.45) is 7.98. The molecule has 92 valence electrons. The molecule has 0 aromatic carbocycles. The van der Waals surface area contributed by atoms with Crippen molar-refractivity contribution in [1.29, 1.82) is 0 Å². The first-order chi connectivity index (χ1) is 7.86. The molecule has 0 amide bonds. The van der Waals surface area contributed by atoms with Gasteiger partial charge in [0, 0.05) is 12.6 Å². The largest absolute Gasteiger partial charge is 0.375 e. The highest BCUT2D eigenvalue weighted by atomic mass is 32.2. The molecule has 3 fully saturated rings. The van der Waals surface area contributed by atoms with Crippen LogP contribution < -0.4 is 5.32 Å². The van der Waals surface area contributed by atoms with Gasteiger partial charge in [-0.15, -0.1) is 0 Å². The van der Waals surface area contributed by atoms with Gasteiger partial charge in [-0.25, -0.2) is 0 Å². The van der Waals surface area contributed by atoms with Crippen LogP contribution in [0.2, 0.25) is 0 Å². The van der Waals surface area contributed by atoms with Crippen LogP contribution in [0.5, 0.6) is 0 Å². The molecule has 1 atom stereocenters. The third kappa shape index (κ3) is 2.74. The maximum Gasteiger partial charge on any atom is 0.0701 e. The Hall–Kier alpha value is 0.270. The van der Waals surface area contributed by atoms with Crippen LogP contribution in [0.25, 0.3) is 0 Å². The van der Waals surface area contributed by atoms with Gasteiger partial charge in [0.15, 0.2) is 0 Å². The van der Waals surface area contributed by atoms with E-state index in [1.165, 1.54) is 56.6 Å². The summed E-state index contributed by atoms with van der Waals surface area (Å²) in [5.74, 6) is 3.49. The Morgan fingerprint density at radius 3 is 2.75 bits per heavy atom. The Balaban J connectivity index is 1.51. The maximum atomic E-state index is 6.12. The molecule has 3 aliphatic rings. The van der Waals surface area contributed by atoms with Crippen LogP contribution >= 0.6 is 11.8 Å². The first kappa shape index (κ1) is 11.4. The fourth-order valence-corrected chi connectivity index (χ4v) is 4.25. The Labute approximate surface area is 103 Å². The number of nitrogens with one attached hydrogen (secondary N) is 1. The summed E-state index contributed by atoms with van der Waals surface area (Å²) in [5.41, 5.74) is 0.277. The minimum Gasteiger partial charge on any atom is -0.375 e. The van der Waals surface area contributed by atoms with E-state index in [4.69, 9.17) is 4.74 Å². The minimum atomic E-state index is 0.277. The summed E-state index contributed by atoms with van der Waals surface area (Å²) in [6, 6.07) is 0.862. The quantitative estimate of drug-likeness (QED) is 0.820. The first-order valence-electron chi connectivity index (χ1n) is 6.81. The third-order valence-corrected chi connectivity index (χ3v) is 5.26. The highest BCUT2D eigenvalue weighted by Crippen LogP contribution is 2.39. The number of thioether (sulfide) groups is 1. The van der Waals surface area contributed by atoms with Crippen molar-refractivity contribution in [3.63, 3.8) is 0 Å². The summed E-state index contributed by atoms with van der Waals surface area (Å²) in [4.78, 5) is 0. The predicted molar refractivity (Wildman–Crippen MR) is 69.0 cm³/mol. The minimum absolute atomic E-state index is 0.277. The molecule has 16 heavy (non-hydrogen) atoms. The zero-order valence-corrected chi connectivity index (χ0v) is 10.9. The zero-order chi connectivity index (χ0) is 10.8. The number of hydrogen-bond acceptors (Lipinski definition) is 3. The van der Waals surface area contributed by atoms with Crippen molar-refractivity contribution in [2.75, 3.05) is 24.7 Å². The van der Waals surface area contributed by atoms with E-state index in [1.54, 1.807) is 0 Å². The van der Waals surface area contributed by atoms with Crippen LogP contribution in [0, 0.1) is 5.92 Å². The van der Waals surface area contributed by atoms with Crippen molar-refractivity contribution >= 4 is 11.8 Å². The van der Waals surface area contributed by atoms with Crippen molar-refractivity contribution < 1.29 is 4.74 Å². The Bertz CT molecular complexity index is 231. The van der Waals surface area contributed by atoms with Gasteiger partial charge >= 0.3 is 0 Å². The predicted octanol–water partition coefficient (Wildman–Crippen LogP) is 2.43. The summed E-state index contributed by atoms with van der Waals surface area (Å²) < 4.78 is 6.12. The van der Waals surface area contributed by atoms with Crippen molar-refractivity contribution in [1.82, 2.24) is 5.32 Å². The van der Waals surface area contributed by atoms with Gasteiger partial charge in [0.05, 0.1) is 5.60 Å². The molecular formula is C13H23NOS. The average Bonchev–Trinajstić information content (AvgIpc) is 3.11. The number of hydrogen-bond donors (Lipinski definition) is 1. The van der Waals surface area contributed by atoms with Gasteiger partial charge in [0.25, 0.3) is 0 Å². The molecule has 3 heteroatoms. The van der Waals surface area contributed by atoms with E-state index in [9.17, 15) is 0 Å². The second-order valence-electron chi connectivity index (χ2n) is 5.69. The van der Waals surface area contributed by atoms with E-state index in [-0.39, 0.29) is 5.60 Å². The third-order valence-electron chi connectivity index (χ3n) is 4.27. The highest BCUT2D eigenvalue weighted by Gasteiger charge is 2.38. The van der Waals surface area contributed by atoms with Gasteiger partial charge in [-0.1, -0.05) is 0 Å². The van der Waals surface area contributed by atoms with Crippen molar-refractivity contribution in [3.8, 4) is 0 Å². The van der Waals surface area contributed by atoms with Crippen molar-refractivity contribution in [2.45, 2.75) is 50.2 Å². The van der Waals surface area contributed by atoms with E-state index in [2.05, 4.69) is 17.1 Å². The van der Waals surface area contributed by atoms with Gasteiger partial charge in [0.1, 0.15) is 0 Å². The maximum absolute atomic E-state index is 6.12. The molecule has 2 saturated heterocycles. The van der Waals surface area contributed by atoms with Gasteiger partial charge in [-0.2, -0.15) is 11.8 Å². The van der Waals surface area contributed by atoms with Crippen LogP contribution in [-0.4, -0.2) is 36.3 Å². The lowest BCUT2D eigenvalue weighted by Crippen LogP contribution is -2.45. The first-order valence-corrected chi connectivity index (χ1v) is 7.97. The molecule has 1 saturated carbocycles. The van der Waals surface area contributed by atoms with Gasteiger partial charge in [-0.05, 0) is 62.5 Å². The van der Waals surface area contributed by atoms with Gasteiger partial charge in [0.2, 0.25) is 0 Å². The zero-order valence-electron chi connectivity index (χ0n) is 10.0. The molecule has 2 nitrogen and oxygen atoms in total. The van der Waals surface area contributed by atoms with E-state index < -0.39 is 0 Å². The fraction of sp³-hybridized carbons (Fsp3) is 1.00.